The molecule has 0 radical (unpaired) electrons. The largest absolute Gasteiger partial charge is 0.507 e. The van der Waals surface area contributed by atoms with E-state index in [2.05, 4.69) is 41.5 Å². The monoisotopic (exact) mass is 402 g/mol. The lowest BCUT2D eigenvalue weighted by atomic mass is 9.86. The van der Waals surface area contributed by atoms with Crippen LogP contribution in [-0.4, -0.2) is 10.7 Å². The van der Waals surface area contributed by atoms with Gasteiger partial charge in [-0.3, -0.25) is 0 Å². The van der Waals surface area contributed by atoms with Gasteiger partial charge in [0.05, 0.1) is 0 Å². The predicted octanol–water partition coefficient (Wildman–Crippen LogP) is 8.06. The minimum absolute atomic E-state index is 0.128. The highest BCUT2D eigenvalue weighted by Gasteiger charge is 2.38. The van der Waals surface area contributed by atoms with Crippen molar-refractivity contribution in [3.8, 4) is 11.5 Å². The molecule has 1 aliphatic rings. The number of phenolic OH excluding ortho intramolecular Hbond substituents is 1. The standard InChI is InChI=1S/C27H46O2/c1-18(2)11-9-12-19(3)13-10-14-20(4)15-16-27(8)17-24-23(7)25(28)21(5)22(6)26(24)29-27/h18-20,28H,9-17H2,1-8H3. The number of ether oxygens (including phenoxy) is 1. The van der Waals surface area contributed by atoms with Gasteiger partial charge in [0, 0.05) is 12.0 Å². The Labute approximate surface area is 180 Å². The molecule has 2 rings (SSSR count). The Hall–Kier alpha value is -1.18. The molecule has 3 unspecified atom stereocenters. The van der Waals surface area contributed by atoms with Gasteiger partial charge in [0.2, 0.25) is 0 Å². The molecular weight excluding hydrogens is 356 g/mol. The molecule has 29 heavy (non-hydrogen) atoms. The molecular formula is C27H46O2. The van der Waals surface area contributed by atoms with E-state index in [1.54, 1.807) is 0 Å². The summed E-state index contributed by atoms with van der Waals surface area (Å²) in [6.45, 7) is 17.8. The topological polar surface area (TPSA) is 29.5 Å². The highest BCUT2D eigenvalue weighted by molar-refractivity contribution is 5.59. The fourth-order valence-corrected chi connectivity index (χ4v) is 4.85. The van der Waals surface area contributed by atoms with Crippen LogP contribution in [0.3, 0.4) is 0 Å². The minimum atomic E-state index is -0.128. The minimum Gasteiger partial charge on any atom is -0.507 e. The number of hydrogen-bond acceptors (Lipinski definition) is 2. The van der Waals surface area contributed by atoms with Crippen molar-refractivity contribution in [2.45, 2.75) is 119 Å². The van der Waals surface area contributed by atoms with E-state index < -0.39 is 0 Å². The summed E-state index contributed by atoms with van der Waals surface area (Å²) in [5.41, 5.74) is 4.16. The summed E-state index contributed by atoms with van der Waals surface area (Å²) >= 11 is 0. The molecule has 3 atom stereocenters. The van der Waals surface area contributed by atoms with E-state index in [4.69, 9.17) is 4.74 Å². The lowest BCUT2D eigenvalue weighted by Gasteiger charge is -2.26. The molecule has 0 fully saturated rings. The number of rotatable bonds is 11. The third kappa shape index (κ3) is 6.40. The van der Waals surface area contributed by atoms with Crippen LogP contribution in [0.5, 0.6) is 11.5 Å². The molecule has 0 bridgehead atoms. The van der Waals surface area contributed by atoms with Crippen molar-refractivity contribution in [1.82, 2.24) is 0 Å². The molecule has 2 nitrogen and oxygen atoms in total. The second kappa shape index (κ2) is 10.2. The molecule has 2 heteroatoms. The van der Waals surface area contributed by atoms with Crippen molar-refractivity contribution in [3.05, 3.63) is 22.3 Å². The first-order valence-electron chi connectivity index (χ1n) is 12.0. The van der Waals surface area contributed by atoms with Crippen LogP contribution in [0.1, 0.15) is 108 Å². The zero-order valence-corrected chi connectivity index (χ0v) is 20.5. The van der Waals surface area contributed by atoms with Gasteiger partial charge in [0.1, 0.15) is 17.1 Å². The van der Waals surface area contributed by atoms with E-state index in [1.807, 2.05) is 13.8 Å². The van der Waals surface area contributed by atoms with Crippen molar-refractivity contribution in [2.75, 3.05) is 0 Å². The van der Waals surface area contributed by atoms with Gasteiger partial charge >= 0.3 is 0 Å². The van der Waals surface area contributed by atoms with Gasteiger partial charge in [0.15, 0.2) is 0 Å². The van der Waals surface area contributed by atoms with Crippen LogP contribution >= 0.6 is 0 Å². The summed E-state index contributed by atoms with van der Waals surface area (Å²) < 4.78 is 6.49. The average Bonchev–Trinajstić information content (AvgIpc) is 3.01. The van der Waals surface area contributed by atoms with Gasteiger partial charge in [0.25, 0.3) is 0 Å². The van der Waals surface area contributed by atoms with Crippen molar-refractivity contribution < 1.29 is 9.84 Å². The third-order valence-electron chi connectivity index (χ3n) is 7.28. The number of hydrogen-bond donors (Lipinski definition) is 1. The molecule has 0 spiro atoms. The fourth-order valence-electron chi connectivity index (χ4n) is 4.85. The second-order valence-corrected chi connectivity index (χ2v) is 10.8. The lowest BCUT2D eigenvalue weighted by molar-refractivity contribution is 0.0960. The highest BCUT2D eigenvalue weighted by Crippen LogP contribution is 2.46. The Morgan fingerprint density at radius 1 is 0.828 bits per heavy atom. The first-order chi connectivity index (χ1) is 13.5. The Balaban J connectivity index is 1.77. The number of fused-ring (bicyclic) bond motifs is 1. The zero-order chi connectivity index (χ0) is 21.8. The maximum atomic E-state index is 10.4. The molecule has 1 aromatic carbocycles. The summed E-state index contributed by atoms with van der Waals surface area (Å²) in [6.07, 6.45) is 11.4. The van der Waals surface area contributed by atoms with Crippen molar-refractivity contribution in [1.29, 1.82) is 0 Å². The van der Waals surface area contributed by atoms with Crippen LogP contribution in [0.2, 0.25) is 0 Å². The van der Waals surface area contributed by atoms with Crippen LogP contribution in [-0.2, 0) is 6.42 Å². The van der Waals surface area contributed by atoms with Gasteiger partial charge in [-0.05, 0) is 75.0 Å². The number of benzene rings is 1. The zero-order valence-electron chi connectivity index (χ0n) is 20.5. The van der Waals surface area contributed by atoms with Crippen molar-refractivity contribution >= 4 is 0 Å². The van der Waals surface area contributed by atoms with E-state index in [9.17, 15) is 5.11 Å². The third-order valence-corrected chi connectivity index (χ3v) is 7.28. The van der Waals surface area contributed by atoms with Crippen LogP contribution in [0, 0.1) is 38.5 Å². The van der Waals surface area contributed by atoms with Crippen molar-refractivity contribution in [3.63, 3.8) is 0 Å². The fraction of sp³-hybridized carbons (Fsp3) is 0.778. The predicted molar refractivity (Wildman–Crippen MR) is 125 cm³/mol. The Morgan fingerprint density at radius 2 is 1.38 bits per heavy atom. The molecule has 0 saturated heterocycles. The SMILES string of the molecule is Cc1c(C)c2c(c(C)c1O)CC(C)(CCC(C)CCCC(C)CCCC(C)C)O2. The van der Waals surface area contributed by atoms with E-state index in [-0.39, 0.29) is 5.60 Å². The maximum absolute atomic E-state index is 10.4. The van der Waals surface area contributed by atoms with Gasteiger partial charge in [-0.15, -0.1) is 0 Å². The quantitative estimate of drug-likeness (QED) is 0.405. The van der Waals surface area contributed by atoms with Crippen LogP contribution in [0.15, 0.2) is 0 Å². The smallest absolute Gasteiger partial charge is 0.127 e. The first-order valence-corrected chi connectivity index (χ1v) is 12.0. The van der Waals surface area contributed by atoms with E-state index in [0.717, 1.165) is 53.0 Å². The Bertz CT molecular complexity index is 637. The normalized spacial score (nSPS) is 20.6. The second-order valence-electron chi connectivity index (χ2n) is 10.8. The van der Waals surface area contributed by atoms with Gasteiger partial charge in [-0.2, -0.15) is 0 Å². The Kier molecular flexibility index (Phi) is 8.49. The van der Waals surface area contributed by atoms with Crippen LogP contribution in [0.25, 0.3) is 0 Å². The van der Waals surface area contributed by atoms with E-state index in [1.165, 1.54) is 50.5 Å². The molecule has 1 aromatic rings. The summed E-state index contributed by atoms with van der Waals surface area (Å²) in [7, 11) is 0. The van der Waals surface area contributed by atoms with Crippen LogP contribution < -0.4 is 4.74 Å². The summed E-state index contributed by atoms with van der Waals surface area (Å²) in [5.74, 6) is 3.94. The highest BCUT2D eigenvalue weighted by atomic mass is 16.5. The van der Waals surface area contributed by atoms with E-state index >= 15 is 0 Å². The Morgan fingerprint density at radius 3 is 1.97 bits per heavy atom. The summed E-state index contributed by atoms with van der Waals surface area (Å²) in [4.78, 5) is 0. The molecule has 1 heterocycles. The lowest BCUT2D eigenvalue weighted by Crippen LogP contribution is -2.30. The molecule has 0 saturated carbocycles. The van der Waals surface area contributed by atoms with Gasteiger partial charge in [-0.25, -0.2) is 0 Å². The summed E-state index contributed by atoms with van der Waals surface area (Å²) in [6, 6.07) is 0. The van der Waals surface area contributed by atoms with Crippen LogP contribution in [0.4, 0.5) is 0 Å². The van der Waals surface area contributed by atoms with Gasteiger partial charge in [-0.1, -0.05) is 66.2 Å². The molecule has 1 N–H and O–H groups in total. The average molecular weight is 403 g/mol. The maximum Gasteiger partial charge on any atom is 0.127 e. The molecule has 0 aliphatic carbocycles. The number of phenols is 1. The number of aromatic hydroxyl groups is 1. The first kappa shape index (κ1) is 24.1. The molecule has 0 amide bonds. The summed E-state index contributed by atoms with van der Waals surface area (Å²) in [5, 5.41) is 10.4. The van der Waals surface area contributed by atoms with Gasteiger partial charge < -0.3 is 9.84 Å². The van der Waals surface area contributed by atoms with Crippen molar-refractivity contribution in [2.24, 2.45) is 17.8 Å². The molecule has 1 aliphatic heterocycles. The molecule has 0 aromatic heterocycles. The molecule has 166 valence electrons. The van der Waals surface area contributed by atoms with E-state index in [0.29, 0.717) is 5.75 Å².